The van der Waals surface area contributed by atoms with Gasteiger partial charge in [0.1, 0.15) is 0 Å². The summed E-state index contributed by atoms with van der Waals surface area (Å²) < 4.78 is 12.2. The Balaban J connectivity index is 2.16. The van der Waals surface area contributed by atoms with Crippen LogP contribution in [0, 0.1) is 3.57 Å². The summed E-state index contributed by atoms with van der Waals surface area (Å²) in [5, 5.41) is 2.87. The number of benzene rings is 2. The van der Waals surface area contributed by atoms with Gasteiger partial charge < -0.3 is 14.8 Å². The van der Waals surface area contributed by atoms with Gasteiger partial charge >= 0.3 is 0 Å². The van der Waals surface area contributed by atoms with Crippen LogP contribution >= 0.6 is 22.6 Å². The van der Waals surface area contributed by atoms with Crippen LogP contribution in [-0.4, -0.2) is 19.1 Å². The van der Waals surface area contributed by atoms with Crippen LogP contribution < -0.4 is 14.8 Å². The van der Waals surface area contributed by atoms with Crippen LogP contribution in [0.3, 0.4) is 0 Å². The molecule has 0 aliphatic rings. The van der Waals surface area contributed by atoms with Gasteiger partial charge in [-0.05, 0) is 72.8 Å². The summed E-state index contributed by atoms with van der Waals surface area (Å²) in [6, 6.07) is 12.8. The zero-order valence-corrected chi connectivity index (χ0v) is 14.7. The molecule has 0 saturated carbocycles. The second kappa shape index (κ2) is 8.03. The maximum Gasteiger partial charge on any atom is 0.255 e. The number of nitrogens with one attached hydrogen (secondary N) is 1. The second-order valence-corrected chi connectivity index (χ2v) is 5.73. The number of hydrogen-bond acceptors (Lipinski definition) is 3. The average molecular weight is 411 g/mol. The zero-order valence-electron chi connectivity index (χ0n) is 12.6. The van der Waals surface area contributed by atoms with Crippen molar-refractivity contribution in [1.29, 1.82) is 0 Å². The molecule has 4 nitrogen and oxygen atoms in total. The highest BCUT2D eigenvalue weighted by molar-refractivity contribution is 14.1. The lowest BCUT2D eigenvalue weighted by molar-refractivity contribution is 0.102. The number of halogens is 1. The highest BCUT2D eigenvalue weighted by Gasteiger charge is 2.10. The zero-order chi connectivity index (χ0) is 15.9. The molecule has 0 fully saturated rings. The minimum atomic E-state index is -0.150. The Labute approximate surface area is 144 Å². The Morgan fingerprint density at radius 2 is 1.64 bits per heavy atom. The lowest BCUT2D eigenvalue weighted by Crippen LogP contribution is -2.12. The van der Waals surface area contributed by atoms with Crippen LogP contribution in [0.15, 0.2) is 42.5 Å². The molecule has 22 heavy (non-hydrogen) atoms. The lowest BCUT2D eigenvalue weighted by atomic mass is 10.2. The number of amides is 1. The van der Waals surface area contributed by atoms with Crippen LogP contribution in [-0.2, 0) is 0 Å². The number of carbonyl (C=O) groups excluding carboxylic acids is 1. The van der Waals surface area contributed by atoms with Crippen molar-refractivity contribution in [3.05, 3.63) is 51.6 Å². The SMILES string of the molecule is CCOc1ccc(NC(=O)c2ccc(I)cc2)cc1OCC. The maximum absolute atomic E-state index is 12.2. The van der Waals surface area contributed by atoms with Gasteiger partial charge in [0.15, 0.2) is 11.5 Å². The van der Waals surface area contributed by atoms with E-state index in [2.05, 4.69) is 27.9 Å². The fraction of sp³-hybridized carbons (Fsp3) is 0.235. The molecule has 0 unspecified atom stereocenters. The number of anilines is 1. The third kappa shape index (κ3) is 4.37. The van der Waals surface area contributed by atoms with Gasteiger partial charge in [0, 0.05) is 20.9 Å². The Bertz CT molecular complexity index is 641. The van der Waals surface area contributed by atoms with E-state index in [1.807, 2.05) is 26.0 Å². The third-order valence-corrected chi connectivity index (χ3v) is 3.63. The van der Waals surface area contributed by atoms with Crippen molar-refractivity contribution in [2.45, 2.75) is 13.8 Å². The quantitative estimate of drug-likeness (QED) is 0.720. The van der Waals surface area contributed by atoms with E-state index in [1.165, 1.54) is 0 Å². The first-order valence-electron chi connectivity index (χ1n) is 7.10. The largest absolute Gasteiger partial charge is 0.490 e. The molecule has 1 amide bonds. The van der Waals surface area contributed by atoms with E-state index in [1.54, 1.807) is 30.3 Å². The first-order chi connectivity index (χ1) is 10.6. The monoisotopic (exact) mass is 411 g/mol. The summed E-state index contributed by atoms with van der Waals surface area (Å²) in [4.78, 5) is 12.2. The van der Waals surface area contributed by atoms with Crippen molar-refractivity contribution < 1.29 is 14.3 Å². The van der Waals surface area contributed by atoms with Gasteiger partial charge in [0.2, 0.25) is 0 Å². The molecule has 0 aliphatic carbocycles. The van der Waals surface area contributed by atoms with E-state index in [0.717, 1.165) is 3.57 Å². The summed E-state index contributed by atoms with van der Waals surface area (Å²) in [7, 11) is 0. The maximum atomic E-state index is 12.2. The fourth-order valence-corrected chi connectivity index (χ4v) is 2.29. The average Bonchev–Trinajstić information content (AvgIpc) is 2.51. The van der Waals surface area contributed by atoms with Gasteiger partial charge in [0.05, 0.1) is 13.2 Å². The first kappa shape index (κ1) is 16.6. The van der Waals surface area contributed by atoms with Gasteiger partial charge in [-0.2, -0.15) is 0 Å². The molecule has 2 aromatic carbocycles. The molecular weight excluding hydrogens is 393 g/mol. The van der Waals surface area contributed by atoms with Crippen molar-refractivity contribution in [2.24, 2.45) is 0 Å². The summed E-state index contributed by atoms with van der Waals surface area (Å²) in [5.41, 5.74) is 1.29. The number of carbonyl (C=O) groups is 1. The Morgan fingerprint density at radius 1 is 1.00 bits per heavy atom. The highest BCUT2D eigenvalue weighted by atomic mass is 127. The predicted octanol–water partition coefficient (Wildman–Crippen LogP) is 4.34. The van der Waals surface area contributed by atoms with Crippen LogP contribution in [0.4, 0.5) is 5.69 Å². The van der Waals surface area contributed by atoms with Crippen molar-refractivity contribution in [3.63, 3.8) is 0 Å². The second-order valence-electron chi connectivity index (χ2n) is 4.49. The lowest BCUT2D eigenvalue weighted by Gasteiger charge is -2.13. The van der Waals surface area contributed by atoms with E-state index in [0.29, 0.717) is 36.0 Å². The fourth-order valence-electron chi connectivity index (χ4n) is 1.93. The standard InChI is InChI=1S/C17H18INO3/c1-3-21-15-10-9-14(11-16(15)22-4-2)19-17(20)12-5-7-13(18)8-6-12/h5-11H,3-4H2,1-2H3,(H,19,20). The van der Waals surface area contributed by atoms with Crippen LogP contribution in [0.5, 0.6) is 11.5 Å². The number of rotatable bonds is 6. The van der Waals surface area contributed by atoms with Gasteiger partial charge in [-0.1, -0.05) is 0 Å². The van der Waals surface area contributed by atoms with Crippen LogP contribution in [0.2, 0.25) is 0 Å². The molecule has 0 atom stereocenters. The topological polar surface area (TPSA) is 47.6 Å². The van der Waals surface area contributed by atoms with Crippen molar-refractivity contribution >= 4 is 34.2 Å². The van der Waals surface area contributed by atoms with Gasteiger partial charge in [0.25, 0.3) is 5.91 Å². The van der Waals surface area contributed by atoms with E-state index in [4.69, 9.17) is 9.47 Å². The predicted molar refractivity (Wildman–Crippen MR) is 95.9 cm³/mol. The van der Waals surface area contributed by atoms with E-state index in [-0.39, 0.29) is 5.91 Å². The molecule has 2 rings (SSSR count). The third-order valence-electron chi connectivity index (χ3n) is 2.91. The van der Waals surface area contributed by atoms with E-state index >= 15 is 0 Å². The highest BCUT2D eigenvalue weighted by Crippen LogP contribution is 2.30. The molecular formula is C17H18INO3. The molecule has 0 spiro atoms. The number of ether oxygens (including phenoxy) is 2. The molecule has 2 aromatic rings. The minimum absolute atomic E-state index is 0.150. The Hall–Kier alpha value is -1.76. The molecule has 5 heteroatoms. The Morgan fingerprint density at radius 3 is 2.27 bits per heavy atom. The molecule has 0 saturated heterocycles. The smallest absolute Gasteiger partial charge is 0.255 e. The van der Waals surface area contributed by atoms with Crippen molar-refractivity contribution in [1.82, 2.24) is 0 Å². The summed E-state index contributed by atoms with van der Waals surface area (Å²) in [6.45, 7) is 4.93. The Kier molecular flexibility index (Phi) is 6.06. The molecule has 0 aromatic heterocycles. The minimum Gasteiger partial charge on any atom is -0.490 e. The van der Waals surface area contributed by atoms with Gasteiger partial charge in [-0.25, -0.2) is 0 Å². The van der Waals surface area contributed by atoms with Gasteiger partial charge in [-0.3, -0.25) is 4.79 Å². The van der Waals surface area contributed by atoms with Crippen molar-refractivity contribution in [2.75, 3.05) is 18.5 Å². The molecule has 0 bridgehead atoms. The molecule has 0 radical (unpaired) electrons. The first-order valence-corrected chi connectivity index (χ1v) is 8.18. The normalized spacial score (nSPS) is 10.1. The molecule has 0 heterocycles. The van der Waals surface area contributed by atoms with Crippen LogP contribution in [0.1, 0.15) is 24.2 Å². The molecule has 116 valence electrons. The van der Waals surface area contributed by atoms with Gasteiger partial charge in [-0.15, -0.1) is 0 Å². The van der Waals surface area contributed by atoms with E-state index in [9.17, 15) is 4.79 Å². The summed E-state index contributed by atoms with van der Waals surface area (Å²) >= 11 is 2.21. The van der Waals surface area contributed by atoms with Crippen LogP contribution in [0.25, 0.3) is 0 Å². The van der Waals surface area contributed by atoms with Crippen molar-refractivity contribution in [3.8, 4) is 11.5 Å². The molecule has 0 aliphatic heterocycles. The van der Waals surface area contributed by atoms with E-state index < -0.39 is 0 Å². The molecule has 1 N–H and O–H groups in total. The summed E-state index contributed by atoms with van der Waals surface area (Å²) in [5.74, 6) is 1.16. The summed E-state index contributed by atoms with van der Waals surface area (Å²) in [6.07, 6.45) is 0. The number of hydrogen-bond donors (Lipinski definition) is 1.